The van der Waals surface area contributed by atoms with E-state index in [2.05, 4.69) is 9.88 Å². The van der Waals surface area contributed by atoms with E-state index in [-0.39, 0.29) is 0 Å². The minimum Gasteiger partial charge on any atom is -0.464 e. The Kier molecular flexibility index (Phi) is 4.38. The molecule has 3 heterocycles. The van der Waals surface area contributed by atoms with Crippen molar-refractivity contribution in [1.29, 1.82) is 0 Å². The van der Waals surface area contributed by atoms with E-state index in [9.17, 15) is 5.11 Å². The molecule has 0 bridgehead atoms. The largest absolute Gasteiger partial charge is 0.464 e. The summed E-state index contributed by atoms with van der Waals surface area (Å²) in [5.41, 5.74) is 0.814. The number of aliphatic hydroxyl groups excluding tert-OH is 1. The quantitative estimate of drug-likeness (QED) is 0.885. The van der Waals surface area contributed by atoms with E-state index in [0.29, 0.717) is 13.1 Å². The van der Waals surface area contributed by atoms with E-state index in [0.717, 1.165) is 43.1 Å². The van der Waals surface area contributed by atoms with Crippen LogP contribution in [0.4, 0.5) is 5.82 Å². The number of rotatable bonds is 5. The summed E-state index contributed by atoms with van der Waals surface area (Å²) in [4.78, 5) is 8.61. The van der Waals surface area contributed by atoms with Crippen molar-refractivity contribution in [2.75, 3.05) is 51.3 Å². The molecular weight excluding hydrogens is 270 g/mol. The lowest BCUT2D eigenvalue weighted by Gasteiger charge is -2.30. The number of ether oxygens (including phenoxy) is 1. The molecule has 0 unspecified atom stereocenters. The van der Waals surface area contributed by atoms with Crippen molar-refractivity contribution in [3.05, 3.63) is 24.6 Å². The second-order valence-electron chi connectivity index (χ2n) is 5.41. The molecule has 0 radical (unpaired) electrons. The van der Waals surface area contributed by atoms with Crippen LogP contribution in [0.3, 0.4) is 0 Å². The number of morpholine rings is 1. The Balaban J connectivity index is 1.62. The molecule has 0 saturated carbocycles. The lowest BCUT2D eigenvalue weighted by atomic mass is 10.2. The van der Waals surface area contributed by atoms with Crippen LogP contribution in [0, 0.1) is 0 Å². The SMILES string of the molecule is CN(C[C@@H](O)CN1CCOCC1)c1nccc2occc12. The van der Waals surface area contributed by atoms with Crippen LogP contribution < -0.4 is 4.90 Å². The molecule has 1 fully saturated rings. The van der Waals surface area contributed by atoms with E-state index in [1.165, 1.54) is 0 Å². The van der Waals surface area contributed by atoms with Gasteiger partial charge in [-0.25, -0.2) is 4.98 Å². The molecule has 1 N–H and O–H groups in total. The van der Waals surface area contributed by atoms with Crippen molar-refractivity contribution >= 4 is 16.8 Å². The van der Waals surface area contributed by atoms with Crippen LogP contribution in [-0.2, 0) is 4.74 Å². The molecule has 1 aliphatic rings. The molecule has 6 nitrogen and oxygen atoms in total. The number of pyridine rings is 1. The number of aliphatic hydroxyl groups is 1. The molecule has 2 aromatic rings. The monoisotopic (exact) mass is 291 g/mol. The number of furan rings is 1. The van der Waals surface area contributed by atoms with E-state index in [4.69, 9.17) is 9.15 Å². The van der Waals surface area contributed by atoms with Crippen LogP contribution in [0.2, 0.25) is 0 Å². The van der Waals surface area contributed by atoms with Gasteiger partial charge in [-0.2, -0.15) is 0 Å². The molecule has 0 amide bonds. The Hall–Kier alpha value is -1.63. The van der Waals surface area contributed by atoms with Crippen molar-refractivity contribution in [2.24, 2.45) is 0 Å². The van der Waals surface area contributed by atoms with Crippen LogP contribution >= 0.6 is 0 Å². The zero-order chi connectivity index (χ0) is 14.7. The lowest BCUT2D eigenvalue weighted by Crippen LogP contribution is -2.44. The van der Waals surface area contributed by atoms with E-state index in [1.807, 2.05) is 24.1 Å². The van der Waals surface area contributed by atoms with Crippen molar-refractivity contribution in [2.45, 2.75) is 6.10 Å². The molecule has 0 spiro atoms. The molecule has 1 atom stereocenters. The average molecular weight is 291 g/mol. The number of hydrogen-bond acceptors (Lipinski definition) is 6. The summed E-state index contributed by atoms with van der Waals surface area (Å²) in [6.45, 7) is 4.47. The van der Waals surface area contributed by atoms with Crippen molar-refractivity contribution in [1.82, 2.24) is 9.88 Å². The maximum Gasteiger partial charge on any atom is 0.139 e. The van der Waals surface area contributed by atoms with Gasteiger partial charge in [-0.1, -0.05) is 0 Å². The van der Waals surface area contributed by atoms with Crippen molar-refractivity contribution in [3.8, 4) is 0 Å². The summed E-state index contributed by atoms with van der Waals surface area (Å²) >= 11 is 0. The Bertz CT molecular complexity index is 580. The van der Waals surface area contributed by atoms with Gasteiger partial charge < -0.3 is 19.2 Å². The smallest absolute Gasteiger partial charge is 0.139 e. The molecule has 1 aliphatic heterocycles. The second-order valence-corrected chi connectivity index (χ2v) is 5.41. The molecule has 114 valence electrons. The van der Waals surface area contributed by atoms with Crippen LogP contribution in [0.15, 0.2) is 29.0 Å². The highest BCUT2D eigenvalue weighted by Gasteiger charge is 2.18. The van der Waals surface area contributed by atoms with Crippen molar-refractivity contribution in [3.63, 3.8) is 0 Å². The maximum atomic E-state index is 10.3. The number of aromatic nitrogens is 1. The third-order valence-corrected chi connectivity index (χ3v) is 3.78. The first-order valence-electron chi connectivity index (χ1n) is 7.25. The fraction of sp³-hybridized carbons (Fsp3) is 0.533. The number of nitrogens with zero attached hydrogens (tertiary/aromatic N) is 3. The predicted molar refractivity (Wildman–Crippen MR) is 80.5 cm³/mol. The van der Waals surface area contributed by atoms with Gasteiger partial charge in [0.1, 0.15) is 11.4 Å². The molecule has 0 aliphatic carbocycles. The van der Waals surface area contributed by atoms with Gasteiger partial charge >= 0.3 is 0 Å². The highest BCUT2D eigenvalue weighted by molar-refractivity contribution is 5.88. The van der Waals surface area contributed by atoms with Crippen LogP contribution in [-0.4, -0.2) is 67.5 Å². The summed E-state index contributed by atoms with van der Waals surface area (Å²) in [5.74, 6) is 0.835. The number of likely N-dealkylation sites (N-methyl/N-ethyl adjacent to an activating group) is 1. The Morgan fingerprint density at radius 2 is 2.19 bits per heavy atom. The van der Waals surface area contributed by atoms with Gasteiger partial charge in [0, 0.05) is 39.4 Å². The minimum absolute atomic E-state index is 0.419. The lowest BCUT2D eigenvalue weighted by molar-refractivity contribution is 0.0162. The Morgan fingerprint density at radius 3 is 3.00 bits per heavy atom. The summed E-state index contributed by atoms with van der Waals surface area (Å²) < 4.78 is 10.7. The molecule has 3 rings (SSSR count). The van der Waals surface area contributed by atoms with E-state index in [1.54, 1.807) is 12.5 Å². The molecule has 2 aromatic heterocycles. The summed E-state index contributed by atoms with van der Waals surface area (Å²) in [6, 6.07) is 3.75. The topological polar surface area (TPSA) is 62.0 Å². The molecule has 21 heavy (non-hydrogen) atoms. The van der Waals surface area contributed by atoms with Gasteiger partial charge in [-0.05, 0) is 12.1 Å². The van der Waals surface area contributed by atoms with Gasteiger partial charge in [0.05, 0.1) is 31.0 Å². The van der Waals surface area contributed by atoms with Gasteiger partial charge in [0.2, 0.25) is 0 Å². The van der Waals surface area contributed by atoms with E-state index < -0.39 is 6.10 Å². The molecule has 6 heteroatoms. The first-order valence-corrected chi connectivity index (χ1v) is 7.25. The predicted octanol–water partition coefficient (Wildman–Crippen LogP) is 0.957. The minimum atomic E-state index is -0.419. The maximum absolute atomic E-state index is 10.3. The third kappa shape index (κ3) is 3.34. The number of β-amino-alcohol motifs (C(OH)–C–C–N with tert-alkyl or cyclic N) is 1. The molecule has 1 saturated heterocycles. The average Bonchev–Trinajstić information content (AvgIpc) is 2.96. The zero-order valence-corrected chi connectivity index (χ0v) is 12.2. The fourth-order valence-corrected chi connectivity index (χ4v) is 2.73. The Morgan fingerprint density at radius 1 is 1.38 bits per heavy atom. The van der Waals surface area contributed by atoms with Crippen LogP contribution in [0.25, 0.3) is 11.0 Å². The van der Waals surface area contributed by atoms with Gasteiger partial charge in [0.25, 0.3) is 0 Å². The highest BCUT2D eigenvalue weighted by atomic mass is 16.5. The summed E-state index contributed by atoms with van der Waals surface area (Å²) in [7, 11) is 1.94. The van der Waals surface area contributed by atoms with Crippen LogP contribution in [0.5, 0.6) is 0 Å². The Labute approximate surface area is 123 Å². The second kappa shape index (κ2) is 6.43. The van der Waals surface area contributed by atoms with E-state index >= 15 is 0 Å². The van der Waals surface area contributed by atoms with Crippen LogP contribution in [0.1, 0.15) is 0 Å². The van der Waals surface area contributed by atoms with Gasteiger partial charge in [0.15, 0.2) is 0 Å². The highest BCUT2D eigenvalue weighted by Crippen LogP contribution is 2.24. The standard InChI is InChI=1S/C15H21N3O3/c1-17(10-12(19)11-18-5-8-20-9-6-18)15-13-3-7-21-14(13)2-4-16-15/h2-4,7,12,19H,5-6,8-11H2,1H3/t12-/m1/s1. The summed E-state index contributed by atoms with van der Waals surface area (Å²) in [6.07, 6.45) is 2.97. The molecule has 0 aromatic carbocycles. The number of hydrogen-bond donors (Lipinski definition) is 1. The molecular formula is C15H21N3O3. The van der Waals surface area contributed by atoms with Crippen molar-refractivity contribution < 1.29 is 14.3 Å². The normalized spacial score (nSPS) is 18.0. The third-order valence-electron chi connectivity index (χ3n) is 3.78. The van der Waals surface area contributed by atoms with Gasteiger partial charge in [-0.15, -0.1) is 0 Å². The summed E-state index contributed by atoms with van der Waals surface area (Å²) in [5, 5.41) is 11.3. The first-order chi connectivity index (χ1) is 10.2. The zero-order valence-electron chi connectivity index (χ0n) is 12.2. The number of anilines is 1. The van der Waals surface area contributed by atoms with Gasteiger partial charge in [-0.3, -0.25) is 4.90 Å². The number of fused-ring (bicyclic) bond motifs is 1. The fourth-order valence-electron chi connectivity index (χ4n) is 2.73. The first kappa shape index (κ1) is 14.3.